The second kappa shape index (κ2) is 7.24. The average Bonchev–Trinajstić information content (AvgIpc) is 2.95. The minimum atomic E-state index is -0.312. The minimum Gasteiger partial charge on any atom is -0.484 e. The lowest BCUT2D eigenvalue weighted by molar-refractivity contribution is -0.123. The molecule has 0 atom stereocenters. The maximum absolute atomic E-state index is 11.6. The summed E-state index contributed by atoms with van der Waals surface area (Å²) in [7, 11) is 0. The highest BCUT2D eigenvalue weighted by molar-refractivity contribution is 7.11. The van der Waals surface area contributed by atoms with E-state index >= 15 is 0 Å². The third kappa shape index (κ3) is 4.58. The summed E-state index contributed by atoms with van der Waals surface area (Å²) in [6, 6.07) is 7.44. The molecule has 2 aromatic rings. The summed E-state index contributed by atoms with van der Waals surface area (Å²) in [6.45, 7) is 3.70. The number of hydrogen-bond donors (Lipinski definition) is 1. The lowest BCUT2D eigenvalue weighted by Crippen LogP contribution is -2.24. The molecule has 2 rings (SSSR count). The third-order valence-corrected chi connectivity index (χ3v) is 4.11. The number of carbonyl (C=O) groups excluding carboxylic acids is 1. The van der Waals surface area contributed by atoms with E-state index in [9.17, 15) is 4.79 Å². The largest absolute Gasteiger partial charge is 0.484 e. The van der Waals surface area contributed by atoms with Gasteiger partial charge in [0.1, 0.15) is 5.75 Å². The van der Waals surface area contributed by atoms with Crippen LogP contribution in [0.4, 0.5) is 0 Å². The summed E-state index contributed by atoms with van der Waals surface area (Å²) in [6.07, 6.45) is 1.60. The summed E-state index contributed by atoms with van der Waals surface area (Å²) >= 11 is 7.62. The van der Waals surface area contributed by atoms with E-state index in [1.807, 2.05) is 31.4 Å². The normalized spacial score (nSPS) is 10.8. The van der Waals surface area contributed by atoms with Gasteiger partial charge in [-0.05, 0) is 48.6 Å². The van der Waals surface area contributed by atoms with Crippen molar-refractivity contribution in [3.63, 3.8) is 0 Å². The van der Waals surface area contributed by atoms with Crippen LogP contribution in [0.25, 0.3) is 0 Å². The lowest BCUT2D eigenvalue weighted by atomic mass is 10.1. The van der Waals surface area contributed by atoms with E-state index in [1.54, 1.807) is 29.7 Å². The van der Waals surface area contributed by atoms with Crippen molar-refractivity contribution in [3.8, 4) is 5.75 Å². The van der Waals surface area contributed by atoms with E-state index in [-0.39, 0.29) is 12.5 Å². The molecule has 0 saturated heterocycles. The van der Waals surface area contributed by atoms with Crippen molar-refractivity contribution in [2.24, 2.45) is 5.10 Å². The van der Waals surface area contributed by atoms with Gasteiger partial charge in [0.15, 0.2) is 6.61 Å². The highest BCUT2D eigenvalue weighted by Crippen LogP contribution is 2.25. The number of ether oxygens (including phenoxy) is 1. The molecule has 21 heavy (non-hydrogen) atoms. The van der Waals surface area contributed by atoms with E-state index in [4.69, 9.17) is 16.3 Å². The zero-order valence-electron chi connectivity index (χ0n) is 11.7. The number of thiophene rings is 1. The Hall–Kier alpha value is -1.85. The molecule has 0 aliphatic carbocycles. The fourth-order valence-corrected chi connectivity index (χ4v) is 2.40. The quantitative estimate of drug-likeness (QED) is 0.676. The van der Waals surface area contributed by atoms with Crippen LogP contribution in [0.2, 0.25) is 5.02 Å². The number of amides is 1. The Labute approximate surface area is 132 Å². The SMILES string of the molecule is Cc1cc(OCC(=O)N/N=C/c2cccs2)cc(C)c1Cl. The number of nitrogens with one attached hydrogen (secondary N) is 1. The van der Waals surface area contributed by atoms with Gasteiger partial charge in [-0.1, -0.05) is 17.7 Å². The summed E-state index contributed by atoms with van der Waals surface area (Å²) < 4.78 is 5.43. The first kappa shape index (κ1) is 15.5. The van der Waals surface area contributed by atoms with Crippen molar-refractivity contribution in [2.75, 3.05) is 6.61 Å². The molecule has 0 unspecified atom stereocenters. The zero-order chi connectivity index (χ0) is 15.2. The maximum Gasteiger partial charge on any atom is 0.277 e. The smallest absolute Gasteiger partial charge is 0.277 e. The van der Waals surface area contributed by atoms with Gasteiger partial charge < -0.3 is 4.74 Å². The molecule has 1 aromatic heterocycles. The van der Waals surface area contributed by atoms with Crippen molar-refractivity contribution in [1.29, 1.82) is 0 Å². The van der Waals surface area contributed by atoms with Crippen LogP contribution in [-0.2, 0) is 4.79 Å². The Morgan fingerprint density at radius 3 is 2.76 bits per heavy atom. The predicted molar refractivity (Wildman–Crippen MR) is 86.5 cm³/mol. The third-order valence-electron chi connectivity index (χ3n) is 2.70. The van der Waals surface area contributed by atoms with Crippen LogP contribution >= 0.6 is 22.9 Å². The Bertz CT molecular complexity index is 631. The highest BCUT2D eigenvalue weighted by Gasteiger charge is 2.06. The highest BCUT2D eigenvalue weighted by atomic mass is 35.5. The predicted octanol–water partition coefficient (Wildman–Crippen LogP) is 3.55. The van der Waals surface area contributed by atoms with Gasteiger partial charge in [0.25, 0.3) is 5.91 Å². The number of hydrazone groups is 1. The molecule has 6 heteroatoms. The fourth-order valence-electron chi connectivity index (χ4n) is 1.70. The fraction of sp³-hybridized carbons (Fsp3) is 0.200. The molecule has 4 nitrogen and oxygen atoms in total. The van der Waals surface area contributed by atoms with Crippen LogP contribution in [0.15, 0.2) is 34.7 Å². The van der Waals surface area contributed by atoms with Gasteiger partial charge in [-0.25, -0.2) is 5.43 Å². The van der Waals surface area contributed by atoms with Crippen molar-refractivity contribution in [1.82, 2.24) is 5.43 Å². The van der Waals surface area contributed by atoms with E-state index in [1.165, 1.54) is 0 Å². The van der Waals surface area contributed by atoms with E-state index < -0.39 is 0 Å². The molecule has 0 saturated carbocycles. The Morgan fingerprint density at radius 2 is 2.14 bits per heavy atom. The number of hydrogen-bond acceptors (Lipinski definition) is 4. The number of carbonyl (C=O) groups is 1. The summed E-state index contributed by atoms with van der Waals surface area (Å²) in [5.74, 6) is 0.305. The van der Waals surface area contributed by atoms with E-state index in [0.29, 0.717) is 10.8 Å². The molecule has 1 N–H and O–H groups in total. The first-order chi connectivity index (χ1) is 10.1. The molecule has 1 amide bonds. The van der Waals surface area contributed by atoms with Gasteiger partial charge in [-0.15, -0.1) is 11.3 Å². The average molecular weight is 323 g/mol. The Morgan fingerprint density at radius 1 is 1.43 bits per heavy atom. The number of halogens is 1. The molecule has 1 heterocycles. The van der Waals surface area contributed by atoms with Crippen molar-refractivity contribution >= 4 is 35.1 Å². The molecule has 0 fully saturated rings. The second-order valence-electron chi connectivity index (χ2n) is 4.47. The Kier molecular flexibility index (Phi) is 5.36. The summed E-state index contributed by atoms with van der Waals surface area (Å²) in [4.78, 5) is 12.6. The number of rotatable bonds is 5. The molecule has 0 aliphatic rings. The molecule has 1 aromatic carbocycles. The van der Waals surface area contributed by atoms with Crippen LogP contribution in [0.5, 0.6) is 5.75 Å². The van der Waals surface area contributed by atoms with Gasteiger partial charge in [-0.3, -0.25) is 4.79 Å². The molecular formula is C15H15ClN2O2S. The van der Waals surface area contributed by atoms with Crippen LogP contribution in [0.1, 0.15) is 16.0 Å². The molecule has 0 bridgehead atoms. The Balaban J connectivity index is 1.84. The molecule has 0 aliphatic heterocycles. The van der Waals surface area contributed by atoms with Crippen LogP contribution in [0, 0.1) is 13.8 Å². The maximum atomic E-state index is 11.6. The van der Waals surface area contributed by atoms with Gasteiger partial charge in [0.05, 0.1) is 6.21 Å². The van der Waals surface area contributed by atoms with Crippen molar-refractivity contribution in [3.05, 3.63) is 50.7 Å². The van der Waals surface area contributed by atoms with Gasteiger partial charge in [0.2, 0.25) is 0 Å². The molecule has 0 radical (unpaired) electrons. The standard InChI is InChI=1S/C15H15ClN2O2S/c1-10-6-12(7-11(2)15(10)16)20-9-14(19)18-17-8-13-4-3-5-21-13/h3-8H,9H2,1-2H3,(H,18,19)/b17-8+. The van der Waals surface area contributed by atoms with Crippen LogP contribution < -0.4 is 10.2 Å². The topological polar surface area (TPSA) is 50.7 Å². The van der Waals surface area contributed by atoms with Gasteiger partial charge in [0, 0.05) is 9.90 Å². The second-order valence-corrected chi connectivity index (χ2v) is 5.83. The molecule has 110 valence electrons. The lowest BCUT2D eigenvalue weighted by Gasteiger charge is -2.09. The van der Waals surface area contributed by atoms with Crippen LogP contribution in [-0.4, -0.2) is 18.7 Å². The summed E-state index contributed by atoms with van der Waals surface area (Å²) in [5.41, 5.74) is 4.26. The van der Waals surface area contributed by atoms with Crippen LogP contribution in [0.3, 0.4) is 0 Å². The first-order valence-corrected chi connectivity index (χ1v) is 7.57. The molecule has 0 spiro atoms. The minimum absolute atomic E-state index is 0.0949. The van der Waals surface area contributed by atoms with E-state index in [0.717, 1.165) is 16.0 Å². The number of nitrogens with zero attached hydrogens (tertiary/aromatic N) is 1. The molecular weight excluding hydrogens is 308 g/mol. The number of benzene rings is 1. The monoisotopic (exact) mass is 322 g/mol. The van der Waals surface area contributed by atoms with Gasteiger partial charge in [-0.2, -0.15) is 5.10 Å². The first-order valence-electron chi connectivity index (χ1n) is 6.31. The van der Waals surface area contributed by atoms with E-state index in [2.05, 4.69) is 10.5 Å². The summed E-state index contributed by atoms with van der Waals surface area (Å²) in [5, 5.41) is 6.52. The van der Waals surface area contributed by atoms with Gasteiger partial charge >= 0.3 is 0 Å². The zero-order valence-corrected chi connectivity index (χ0v) is 13.3. The number of aryl methyl sites for hydroxylation is 2. The van der Waals surface area contributed by atoms with Crippen molar-refractivity contribution in [2.45, 2.75) is 13.8 Å². The van der Waals surface area contributed by atoms with Crippen molar-refractivity contribution < 1.29 is 9.53 Å².